The molecule has 0 amide bonds. The van der Waals surface area contributed by atoms with Crippen molar-refractivity contribution in [3.05, 3.63) is 57.2 Å². The molecule has 0 aliphatic rings. The van der Waals surface area contributed by atoms with E-state index in [9.17, 15) is 4.79 Å². The summed E-state index contributed by atoms with van der Waals surface area (Å²) in [6.07, 6.45) is 1.52. The standard InChI is InChI=1S/C20H18BrClN2O3/c1-4-27-20(25)14-10-23-17-9-18(26-3)15(21)8-13(17)19(14)24-16-6-5-12(22)7-11(16)2/h5-10H,4H2,1-3H3,(H,23,24). The van der Waals surface area contributed by atoms with Crippen molar-refractivity contribution in [2.24, 2.45) is 0 Å². The van der Waals surface area contributed by atoms with Crippen molar-refractivity contribution in [3.63, 3.8) is 0 Å². The number of benzene rings is 2. The van der Waals surface area contributed by atoms with Gasteiger partial charge in [-0.25, -0.2) is 4.79 Å². The van der Waals surface area contributed by atoms with Gasteiger partial charge >= 0.3 is 5.97 Å². The van der Waals surface area contributed by atoms with E-state index in [0.717, 1.165) is 21.1 Å². The van der Waals surface area contributed by atoms with Gasteiger partial charge in [0.05, 0.1) is 29.4 Å². The van der Waals surface area contributed by atoms with Crippen LogP contribution < -0.4 is 10.1 Å². The number of ether oxygens (including phenoxy) is 2. The quantitative estimate of drug-likeness (QED) is 0.492. The summed E-state index contributed by atoms with van der Waals surface area (Å²) in [5.74, 6) is 0.223. The fourth-order valence-corrected chi connectivity index (χ4v) is 3.48. The second kappa shape index (κ2) is 8.15. The number of nitrogens with zero attached hydrogens (tertiary/aromatic N) is 1. The van der Waals surface area contributed by atoms with Gasteiger partial charge in [0.1, 0.15) is 11.3 Å². The number of halogens is 2. The summed E-state index contributed by atoms with van der Waals surface area (Å²) >= 11 is 9.56. The molecule has 0 saturated carbocycles. The number of esters is 1. The Morgan fingerprint density at radius 1 is 1.30 bits per heavy atom. The van der Waals surface area contributed by atoms with Crippen LogP contribution in [0.25, 0.3) is 10.9 Å². The number of rotatable bonds is 5. The third-order valence-corrected chi connectivity index (χ3v) is 4.94. The topological polar surface area (TPSA) is 60.5 Å². The first kappa shape index (κ1) is 19.5. The van der Waals surface area contributed by atoms with Crippen LogP contribution in [0.4, 0.5) is 11.4 Å². The fourth-order valence-electron chi connectivity index (χ4n) is 2.75. The molecule has 0 fully saturated rings. The van der Waals surface area contributed by atoms with Gasteiger partial charge in [-0.05, 0) is 59.6 Å². The predicted molar refractivity (Wildman–Crippen MR) is 111 cm³/mol. The highest BCUT2D eigenvalue weighted by atomic mass is 79.9. The number of nitrogens with one attached hydrogen (secondary N) is 1. The van der Waals surface area contributed by atoms with E-state index in [1.165, 1.54) is 6.20 Å². The van der Waals surface area contributed by atoms with Crippen molar-refractivity contribution >= 4 is 55.8 Å². The van der Waals surface area contributed by atoms with E-state index in [-0.39, 0.29) is 6.61 Å². The molecular weight excluding hydrogens is 432 g/mol. The lowest BCUT2D eigenvalue weighted by Gasteiger charge is -2.16. The van der Waals surface area contributed by atoms with Gasteiger partial charge in [0.15, 0.2) is 0 Å². The molecule has 0 spiro atoms. The zero-order chi connectivity index (χ0) is 19.6. The van der Waals surface area contributed by atoms with Crippen molar-refractivity contribution < 1.29 is 14.3 Å². The average Bonchev–Trinajstić information content (AvgIpc) is 2.63. The van der Waals surface area contributed by atoms with Crippen LogP contribution in [0.3, 0.4) is 0 Å². The molecule has 27 heavy (non-hydrogen) atoms. The molecule has 0 aliphatic carbocycles. The molecule has 0 unspecified atom stereocenters. The molecule has 3 rings (SSSR count). The SMILES string of the molecule is CCOC(=O)c1cnc2cc(OC)c(Br)cc2c1Nc1ccc(Cl)cc1C. The van der Waals surface area contributed by atoms with Crippen LogP contribution in [-0.4, -0.2) is 24.7 Å². The third-order valence-electron chi connectivity index (χ3n) is 4.09. The molecule has 0 aliphatic heterocycles. The zero-order valence-corrected chi connectivity index (χ0v) is 17.4. The predicted octanol–water partition coefficient (Wildman–Crippen LogP) is 5.89. The van der Waals surface area contributed by atoms with Gasteiger partial charge in [-0.15, -0.1) is 0 Å². The van der Waals surface area contributed by atoms with E-state index < -0.39 is 5.97 Å². The van der Waals surface area contributed by atoms with Gasteiger partial charge in [-0.2, -0.15) is 0 Å². The number of aromatic nitrogens is 1. The summed E-state index contributed by atoms with van der Waals surface area (Å²) in [5, 5.41) is 4.77. The maximum atomic E-state index is 12.5. The number of hydrogen-bond donors (Lipinski definition) is 1. The monoisotopic (exact) mass is 448 g/mol. The van der Waals surface area contributed by atoms with Crippen molar-refractivity contribution in [2.45, 2.75) is 13.8 Å². The third kappa shape index (κ3) is 4.01. The van der Waals surface area contributed by atoms with E-state index >= 15 is 0 Å². The Labute approximate surface area is 170 Å². The van der Waals surface area contributed by atoms with Crippen molar-refractivity contribution in [1.29, 1.82) is 0 Å². The molecule has 1 aromatic heterocycles. The Hall–Kier alpha value is -2.31. The van der Waals surface area contributed by atoms with Crippen molar-refractivity contribution in [3.8, 4) is 5.75 Å². The molecule has 2 aromatic carbocycles. The largest absolute Gasteiger partial charge is 0.495 e. The first-order valence-electron chi connectivity index (χ1n) is 8.31. The highest BCUT2D eigenvalue weighted by Gasteiger charge is 2.19. The molecule has 140 valence electrons. The first-order chi connectivity index (χ1) is 12.9. The molecule has 0 bridgehead atoms. The average molecular weight is 450 g/mol. The molecule has 5 nitrogen and oxygen atoms in total. The van der Waals surface area contributed by atoms with Crippen LogP contribution in [0.15, 0.2) is 41.0 Å². The molecule has 1 heterocycles. The van der Waals surface area contributed by atoms with Crippen LogP contribution in [0.2, 0.25) is 5.02 Å². The smallest absolute Gasteiger partial charge is 0.341 e. The maximum absolute atomic E-state index is 12.5. The maximum Gasteiger partial charge on any atom is 0.341 e. The lowest BCUT2D eigenvalue weighted by molar-refractivity contribution is 0.0527. The Morgan fingerprint density at radius 2 is 2.07 bits per heavy atom. The summed E-state index contributed by atoms with van der Waals surface area (Å²) in [5.41, 5.74) is 3.46. The lowest BCUT2D eigenvalue weighted by atomic mass is 10.1. The Balaban J connectivity index is 2.22. The molecule has 3 aromatic rings. The van der Waals surface area contributed by atoms with Crippen LogP contribution in [0.1, 0.15) is 22.8 Å². The minimum atomic E-state index is -0.437. The number of carbonyl (C=O) groups excluding carboxylic acids is 1. The summed E-state index contributed by atoms with van der Waals surface area (Å²) in [4.78, 5) is 16.9. The highest BCUT2D eigenvalue weighted by molar-refractivity contribution is 9.10. The van der Waals surface area contributed by atoms with Crippen molar-refractivity contribution in [2.75, 3.05) is 19.0 Å². The summed E-state index contributed by atoms with van der Waals surface area (Å²) in [6, 6.07) is 9.21. The molecule has 7 heteroatoms. The van der Waals surface area contributed by atoms with Gasteiger partial charge in [0, 0.05) is 28.4 Å². The number of methoxy groups -OCH3 is 1. The molecule has 0 radical (unpaired) electrons. The van der Waals surface area contributed by atoms with E-state index in [1.807, 2.05) is 31.2 Å². The van der Waals surface area contributed by atoms with Crippen LogP contribution in [0, 0.1) is 6.92 Å². The number of hydrogen-bond acceptors (Lipinski definition) is 5. The summed E-state index contributed by atoms with van der Waals surface area (Å²) in [7, 11) is 1.59. The molecular formula is C20H18BrClN2O3. The molecule has 1 N–H and O–H groups in total. The zero-order valence-electron chi connectivity index (χ0n) is 15.1. The lowest BCUT2D eigenvalue weighted by Crippen LogP contribution is -2.09. The summed E-state index contributed by atoms with van der Waals surface area (Å²) < 4.78 is 11.3. The first-order valence-corrected chi connectivity index (χ1v) is 9.48. The minimum Gasteiger partial charge on any atom is -0.495 e. The molecule has 0 atom stereocenters. The second-order valence-electron chi connectivity index (χ2n) is 5.86. The van der Waals surface area contributed by atoms with Crippen LogP contribution in [0.5, 0.6) is 5.75 Å². The Morgan fingerprint density at radius 3 is 2.74 bits per heavy atom. The Kier molecular flexibility index (Phi) is 5.87. The van der Waals surface area contributed by atoms with Crippen molar-refractivity contribution in [1.82, 2.24) is 4.98 Å². The van der Waals surface area contributed by atoms with Crippen LogP contribution in [-0.2, 0) is 4.74 Å². The fraction of sp³-hybridized carbons (Fsp3) is 0.200. The highest BCUT2D eigenvalue weighted by Crippen LogP contribution is 2.36. The number of pyridine rings is 1. The summed E-state index contributed by atoms with van der Waals surface area (Å²) in [6.45, 7) is 3.99. The van der Waals surface area contributed by atoms with Gasteiger partial charge < -0.3 is 14.8 Å². The number of anilines is 2. The van der Waals surface area contributed by atoms with E-state index in [2.05, 4.69) is 26.2 Å². The Bertz CT molecular complexity index is 1020. The van der Waals surface area contributed by atoms with Gasteiger partial charge in [0.2, 0.25) is 0 Å². The van der Waals surface area contributed by atoms with E-state index in [4.69, 9.17) is 21.1 Å². The second-order valence-corrected chi connectivity index (χ2v) is 7.15. The number of carbonyl (C=O) groups is 1. The number of aryl methyl sites for hydroxylation is 1. The van der Waals surface area contributed by atoms with Gasteiger partial charge in [-0.1, -0.05) is 11.6 Å². The van der Waals surface area contributed by atoms with E-state index in [0.29, 0.717) is 27.5 Å². The van der Waals surface area contributed by atoms with Gasteiger partial charge in [0.25, 0.3) is 0 Å². The van der Waals surface area contributed by atoms with Gasteiger partial charge in [-0.3, -0.25) is 4.98 Å². The number of fused-ring (bicyclic) bond motifs is 1. The molecule has 0 saturated heterocycles. The van der Waals surface area contributed by atoms with Crippen LogP contribution >= 0.6 is 27.5 Å². The van der Waals surface area contributed by atoms with E-state index in [1.54, 1.807) is 20.1 Å². The minimum absolute atomic E-state index is 0.280. The normalized spacial score (nSPS) is 10.7.